The van der Waals surface area contributed by atoms with E-state index in [2.05, 4.69) is 15.7 Å². The van der Waals surface area contributed by atoms with Gasteiger partial charge in [0, 0.05) is 24.9 Å². The molecular formula is C19H26N4O4. The second kappa shape index (κ2) is 8.77. The minimum absolute atomic E-state index is 0.238. The molecule has 0 bridgehead atoms. The molecule has 0 radical (unpaired) electrons. The molecule has 0 aliphatic carbocycles. The molecule has 8 nitrogen and oxygen atoms in total. The Hall–Kier alpha value is -2.74. The van der Waals surface area contributed by atoms with Crippen molar-refractivity contribution in [3.05, 3.63) is 35.7 Å². The van der Waals surface area contributed by atoms with Crippen LogP contribution in [-0.2, 0) is 6.54 Å². The quantitative estimate of drug-likeness (QED) is 0.768. The molecule has 1 amide bonds. The number of carbonyl (C=O) groups excluding carboxylic acids is 1. The van der Waals surface area contributed by atoms with E-state index in [1.54, 1.807) is 39.5 Å². The molecule has 146 valence electrons. The van der Waals surface area contributed by atoms with Crippen LogP contribution in [0.15, 0.2) is 24.4 Å². The fraction of sp³-hybridized carbons (Fsp3) is 0.474. The number of amides is 1. The first-order chi connectivity index (χ1) is 13.2. The Balaban J connectivity index is 1.69. The molecule has 1 unspecified atom stereocenters. The number of nitrogens with one attached hydrogen (secondary N) is 2. The first-order valence-corrected chi connectivity index (χ1v) is 8.99. The van der Waals surface area contributed by atoms with Gasteiger partial charge in [-0.15, -0.1) is 0 Å². The first-order valence-electron chi connectivity index (χ1n) is 8.99. The molecule has 2 aromatic rings. The Bertz CT molecular complexity index is 759. The summed E-state index contributed by atoms with van der Waals surface area (Å²) in [4.78, 5) is 12.5. The van der Waals surface area contributed by atoms with E-state index in [0.717, 1.165) is 31.5 Å². The fourth-order valence-electron chi connectivity index (χ4n) is 3.23. The van der Waals surface area contributed by atoms with Crippen molar-refractivity contribution < 1.29 is 19.0 Å². The van der Waals surface area contributed by atoms with E-state index in [0.29, 0.717) is 29.0 Å². The molecule has 2 N–H and O–H groups in total. The first kappa shape index (κ1) is 19.0. The lowest BCUT2D eigenvalue weighted by Gasteiger charge is -2.22. The maximum absolute atomic E-state index is 12.5. The van der Waals surface area contributed by atoms with Crippen molar-refractivity contribution >= 4 is 5.91 Å². The Labute approximate surface area is 158 Å². The predicted molar refractivity (Wildman–Crippen MR) is 101 cm³/mol. The number of hydrogen-bond acceptors (Lipinski definition) is 6. The Kier molecular flexibility index (Phi) is 6.18. The molecule has 1 aliphatic rings. The van der Waals surface area contributed by atoms with Gasteiger partial charge in [0.25, 0.3) is 5.91 Å². The number of ether oxygens (including phenoxy) is 3. The van der Waals surface area contributed by atoms with Crippen LogP contribution < -0.4 is 24.8 Å². The van der Waals surface area contributed by atoms with Gasteiger partial charge in [-0.1, -0.05) is 0 Å². The number of piperidine rings is 1. The van der Waals surface area contributed by atoms with Crippen LogP contribution >= 0.6 is 0 Å². The van der Waals surface area contributed by atoms with Gasteiger partial charge in [0.15, 0.2) is 0 Å². The lowest BCUT2D eigenvalue weighted by atomic mass is 10.1. The van der Waals surface area contributed by atoms with Gasteiger partial charge in [-0.05, 0) is 25.5 Å². The van der Waals surface area contributed by atoms with Gasteiger partial charge in [0.05, 0.1) is 39.5 Å². The van der Waals surface area contributed by atoms with Crippen LogP contribution in [0, 0.1) is 0 Å². The van der Waals surface area contributed by atoms with Crippen LogP contribution in [0.1, 0.15) is 34.9 Å². The molecule has 1 aromatic carbocycles. The molecule has 3 rings (SSSR count). The third-order valence-electron chi connectivity index (χ3n) is 4.73. The number of nitrogens with zero attached hydrogens (tertiary/aromatic N) is 2. The van der Waals surface area contributed by atoms with Crippen molar-refractivity contribution in [2.45, 2.75) is 25.4 Å². The number of benzene rings is 1. The summed E-state index contributed by atoms with van der Waals surface area (Å²) in [5.41, 5.74) is 1.14. The molecule has 1 saturated heterocycles. The Morgan fingerprint density at radius 2 is 2.00 bits per heavy atom. The SMILES string of the molecule is COc1cc(OC)c(CNC(=O)c2ccn(C3CCCNC3)n2)c(OC)c1. The maximum Gasteiger partial charge on any atom is 0.272 e. The summed E-state index contributed by atoms with van der Waals surface area (Å²) in [6.07, 6.45) is 4.04. The van der Waals surface area contributed by atoms with Crippen LogP contribution in [-0.4, -0.2) is 50.1 Å². The third kappa shape index (κ3) is 4.33. The number of rotatable bonds is 7. The van der Waals surface area contributed by atoms with E-state index >= 15 is 0 Å². The average Bonchev–Trinajstić information content (AvgIpc) is 3.22. The summed E-state index contributed by atoms with van der Waals surface area (Å²) >= 11 is 0. The maximum atomic E-state index is 12.5. The summed E-state index contributed by atoms with van der Waals surface area (Å²) < 4.78 is 17.9. The zero-order chi connectivity index (χ0) is 19.2. The van der Waals surface area contributed by atoms with Gasteiger partial charge in [0.1, 0.15) is 22.9 Å². The molecule has 0 spiro atoms. The number of hydrogen-bond donors (Lipinski definition) is 2. The average molecular weight is 374 g/mol. The normalized spacial score (nSPS) is 16.6. The summed E-state index contributed by atoms with van der Waals surface area (Å²) in [7, 11) is 4.71. The van der Waals surface area contributed by atoms with Crippen molar-refractivity contribution in [1.82, 2.24) is 20.4 Å². The van der Waals surface area contributed by atoms with Gasteiger partial charge in [0.2, 0.25) is 0 Å². The topological polar surface area (TPSA) is 86.6 Å². The van der Waals surface area contributed by atoms with Gasteiger partial charge < -0.3 is 24.8 Å². The van der Waals surface area contributed by atoms with Gasteiger partial charge in [-0.3, -0.25) is 9.48 Å². The van der Waals surface area contributed by atoms with E-state index in [9.17, 15) is 4.79 Å². The second-order valence-corrected chi connectivity index (χ2v) is 6.37. The third-order valence-corrected chi connectivity index (χ3v) is 4.73. The number of carbonyl (C=O) groups is 1. The van der Waals surface area contributed by atoms with Crippen molar-refractivity contribution in [3.63, 3.8) is 0 Å². The summed E-state index contributed by atoms with van der Waals surface area (Å²) in [6, 6.07) is 5.55. The summed E-state index contributed by atoms with van der Waals surface area (Å²) in [6.45, 7) is 2.17. The smallest absolute Gasteiger partial charge is 0.272 e. The van der Waals surface area contributed by atoms with E-state index in [1.807, 2.05) is 10.9 Å². The molecule has 1 atom stereocenters. The number of aromatic nitrogens is 2. The largest absolute Gasteiger partial charge is 0.496 e. The minimum Gasteiger partial charge on any atom is -0.496 e. The number of methoxy groups -OCH3 is 3. The zero-order valence-electron chi connectivity index (χ0n) is 15.9. The van der Waals surface area contributed by atoms with Crippen LogP contribution in [0.2, 0.25) is 0 Å². The second-order valence-electron chi connectivity index (χ2n) is 6.37. The van der Waals surface area contributed by atoms with Crippen molar-refractivity contribution in [3.8, 4) is 17.2 Å². The van der Waals surface area contributed by atoms with Crippen LogP contribution in [0.25, 0.3) is 0 Å². The molecule has 1 fully saturated rings. The summed E-state index contributed by atoms with van der Waals surface area (Å²) in [5.74, 6) is 1.56. The molecule has 1 aliphatic heterocycles. The van der Waals surface area contributed by atoms with Crippen molar-refractivity contribution in [2.24, 2.45) is 0 Å². The highest BCUT2D eigenvalue weighted by atomic mass is 16.5. The zero-order valence-corrected chi connectivity index (χ0v) is 15.9. The van der Waals surface area contributed by atoms with E-state index in [-0.39, 0.29) is 12.5 Å². The molecule has 27 heavy (non-hydrogen) atoms. The van der Waals surface area contributed by atoms with E-state index < -0.39 is 0 Å². The lowest BCUT2D eigenvalue weighted by Crippen LogP contribution is -2.32. The van der Waals surface area contributed by atoms with Crippen LogP contribution in [0.4, 0.5) is 0 Å². The monoisotopic (exact) mass is 374 g/mol. The Morgan fingerprint density at radius 1 is 1.26 bits per heavy atom. The predicted octanol–water partition coefficient (Wildman–Crippen LogP) is 1.76. The molecule has 1 aromatic heterocycles. The van der Waals surface area contributed by atoms with Crippen molar-refractivity contribution in [2.75, 3.05) is 34.4 Å². The Morgan fingerprint density at radius 3 is 2.59 bits per heavy atom. The highest BCUT2D eigenvalue weighted by molar-refractivity contribution is 5.92. The van der Waals surface area contributed by atoms with E-state index in [1.165, 1.54) is 0 Å². The summed E-state index contributed by atoms with van der Waals surface area (Å²) in [5, 5.41) is 10.7. The van der Waals surface area contributed by atoms with Gasteiger partial charge >= 0.3 is 0 Å². The van der Waals surface area contributed by atoms with Crippen LogP contribution in [0.3, 0.4) is 0 Å². The molecule has 8 heteroatoms. The van der Waals surface area contributed by atoms with Crippen LogP contribution in [0.5, 0.6) is 17.2 Å². The standard InChI is InChI=1S/C19H26N4O4/c1-25-14-9-17(26-2)15(18(10-14)27-3)12-21-19(24)16-6-8-23(22-16)13-5-4-7-20-11-13/h6,8-10,13,20H,4-5,7,11-12H2,1-3H3,(H,21,24). The minimum atomic E-state index is -0.238. The highest BCUT2D eigenvalue weighted by Gasteiger charge is 2.19. The lowest BCUT2D eigenvalue weighted by molar-refractivity contribution is 0.0944. The van der Waals surface area contributed by atoms with Crippen molar-refractivity contribution in [1.29, 1.82) is 0 Å². The molecule has 2 heterocycles. The van der Waals surface area contributed by atoms with E-state index in [4.69, 9.17) is 14.2 Å². The fourth-order valence-corrected chi connectivity index (χ4v) is 3.23. The molecule has 0 saturated carbocycles. The van der Waals surface area contributed by atoms with Gasteiger partial charge in [-0.2, -0.15) is 5.10 Å². The molecular weight excluding hydrogens is 348 g/mol. The van der Waals surface area contributed by atoms with Gasteiger partial charge in [-0.25, -0.2) is 0 Å². The highest BCUT2D eigenvalue weighted by Crippen LogP contribution is 2.33.